The van der Waals surface area contributed by atoms with E-state index in [-0.39, 0.29) is 5.78 Å². The number of Topliss-reactive ketones (excluding diaryl/α,β-unsaturated/α-hetero) is 1. The molecular formula is C26H25NO. The molecule has 0 saturated heterocycles. The van der Waals surface area contributed by atoms with E-state index >= 15 is 0 Å². The van der Waals surface area contributed by atoms with Gasteiger partial charge in [-0.1, -0.05) is 93.6 Å². The summed E-state index contributed by atoms with van der Waals surface area (Å²) < 4.78 is 2.20. The molecule has 0 amide bonds. The fourth-order valence-corrected chi connectivity index (χ4v) is 3.70. The van der Waals surface area contributed by atoms with Gasteiger partial charge in [0.15, 0.2) is 5.78 Å². The summed E-state index contributed by atoms with van der Waals surface area (Å²) in [5.41, 5.74) is 4.93. The second kappa shape index (κ2) is 7.12. The van der Waals surface area contributed by atoms with Crippen molar-refractivity contribution in [3.8, 4) is 11.1 Å². The van der Waals surface area contributed by atoms with Crippen LogP contribution in [-0.2, 0) is 6.54 Å². The normalized spacial score (nSPS) is 11.7. The smallest absolute Gasteiger partial charge is 0.170 e. The Balaban J connectivity index is 1.96. The second-order valence-corrected chi connectivity index (χ2v) is 8.30. The average molecular weight is 367 g/mol. The van der Waals surface area contributed by atoms with Crippen LogP contribution in [0.1, 0.15) is 36.7 Å². The minimum absolute atomic E-state index is 0.174. The highest BCUT2D eigenvalue weighted by molar-refractivity contribution is 6.14. The maximum Gasteiger partial charge on any atom is 0.170 e. The predicted octanol–water partition coefficient (Wildman–Crippen LogP) is 6.59. The molecule has 0 bridgehead atoms. The Morgan fingerprint density at radius 3 is 2.11 bits per heavy atom. The minimum atomic E-state index is -0.435. The van der Waals surface area contributed by atoms with E-state index in [4.69, 9.17) is 0 Å². The van der Waals surface area contributed by atoms with E-state index in [1.807, 2.05) is 51.2 Å². The van der Waals surface area contributed by atoms with Gasteiger partial charge in [-0.05, 0) is 22.8 Å². The molecule has 0 aliphatic carbocycles. The third-order valence-corrected chi connectivity index (χ3v) is 5.11. The maximum absolute atomic E-state index is 13.3. The quantitative estimate of drug-likeness (QED) is 0.373. The zero-order valence-corrected chi connectivity index (χ0v) is 16.6. The molecule has 2 nitrogen and oxygen atoms in total. The van der Waals surface area contributed by atoms with Gasteiger partial charge in [0.1, 0.15) is 0 Å². The van der Waals surface area contributed by atoms with Crippen molar-refractivity contribution in [2.24, 2.45) is 5.41 Å². The van der Waals surface area contributed by atoms with E-state index in [2.05, 4.69) is 59.2 Å². The van der Waals surface area contributed by atoms with Crippen molar-refractivity contribution in [3.05, 3.63) is 96.2 Å². The SMILES string of the molecule is CC(C)(C)C(=O)c1cn(Cc2ccccc2)c2cccc(-c3ccccc3)c12. The number of carbonyl (C=O) groups is 1. The van der Waals surface area contributed by atoms with Crippen LogP contribution in [-0.4, -0.2) is 10.4 Å². The molecular weight excluding hydrogens is 342 g/mol. The Hall–Kier alpha value is -3.13. The van der Waals surface area contributed by atoms with Gasteiger partial charge in [-0.15, -0.1) is 0 Å². The van der Waals surface area contributed by atoms with E-state index in [0.29, 0.717) is 0 Å². The summed E-state index contributed by atoms with van der Waals surface area (Å²) in [5, 5.41) is 1.05. The Bertz CT molecular complexity index is 1120. The first-order valence-electron chi connectivity index (χ1n) is 9.71. The lowest BCUT2D eigenvalue weighted by Crippen LogP contribution is -2.20. The number of rotatable bonds is 4. The second-order valence-electron chi connectivity index (χ2n) is 8.30. The van der Waals surface area contributed by atoms with Gasteiger partial charge < -0.3 is 4.57 Å². The number of ketones is 1. The molecule has 3 aromatic carbocycles. The van der Waals surface area contributed by atoms with Crippen LogP contribution in [0.25, 0.3) is 22.0 Å². The third kappa shape index (κ3) is 3.38. The molecule has 0 unspecified atom stereocenters. The van der Waals surface area contributed by atoms with Gasteiger partial charge in [-0.2, -0.15) is 0 Å². The third-order valence-electron chi connectivity index (χ3n) is 5.11. The van der Waals surface area contributed by atoms with Gasteiger partial charge in [-0.25, -0.2) is 0 Å². The summed E-state index contributed by atoms with van der Waals surface area (Å²) in [7, 11) is 0. The monoisotopic (exact) mass is 367 g/mol. The van der Waals surface area contributed by atoms with Crippen LogP contribution in [0.15, 0.2) is 85.1 Å². The van der Waals surface area contributed by atoms with Gasteiger partial charge in [0, 0.05) is 34.6 Å². The Morgan fingerprint density at radius 1 is 0.821 bits per heavy atom. The zero-order valence-electron chi connectivity index (χ0n) is 16.6. The van der Waals surface area contributed by atoms with E-state index in [9.17, 15) is 4.79 Å². The Labute approximate surface area is 166 Å². The summed E-state index contributed by atoms with van der Waals surface area (Å²) >= 11 is 0. The van der Waals surface area contributed by atoms with E-state index in [1.54, 1.807) is 0 Å². The number of nitrogens with zero attached hydrogens (tertiary/aromatic N) is 1. The van der Waals surface area contributed by atoms with Gasteiger partial charge >= 0.3 is 0 Å². The van der Waals surface area contributed by atoms with Gasteiger partial charge in [0.25, 0.3) is 0 Å². The molecule has 0 atom stereocenters. The fourth-order valence-electron chi connectivity index (χ4n) is 3.70. The van der Waals surface area contributed by atoms with Gasteiger partial charge in [0.05, 0.1) is 0 Å². The molecule has 0 aliphatic rings. The Morgan fingerprint density at radius 2 is 1.46 bits per heavy atom. The highest BCUT2D eigenvalue weighted by atomic mass is 16.1. The van der Waals surface area contributed by atoms with Crippen molar-refractivity contribution in [1.82, 2.24) is 4.57 Å². The molecule has 0 fully saturated rings. The molecule has 0 saturated carbocycles. The van der Waals surface area contributed by atoms with Crippen LogP contribution in [0.5, 0.6) is 0 Å². The molecule has 28 heavy (non-hydrogen) atoms. The summed E-state index contributed by atoms with van der Waals surface area (Å²) in [4.78, 5) is 13.3. The molecule has 2 heteroatoms. The molecule has 4 rings (SSSR count). The lowest BCUT2D eigenvalue weighted by atomic mass is 9.85. The number of hydrogen-bond donors (Lipinski definition) is 0. The number of fused-ring (bicyclic) bond motifs is 1. The number of hydrogen-bond acceptors (Lipinski definition) is 1. The molecule has 140 valence electrons. The van der Waals surface area contributed by atoms with Crippen molar-refractivity contribution < 1.29 is 4.79 Å². The first-order chi connectivity index (χ1) is 13.4. The highest BCUT2D eigenvalue weighted by Crippen LogP contribution is 2.36. The van der Waals surface area contributed by atoms with Crippen LogP contribution in [0, 0.1) is 5.41 Å². The summed E-state index contributed by atoms with van der Waals surface area (Å²) in [5.74, 6) is 0.174. The average Bonchev–Trinajstić information content (AvgIpc) is 3.06. The van der Waals surface area contributed by atoms with Crippen LogP contribution in [0.4, 0.5) is 0 Å². The topological polar surface area (TPSA) is 22.0 Å². The standard InChI is InChI=1S/C26H25NO/c1-26(2,3)25(28)22-18-27(17-19-11-6-4-7-12-19)23-16-10-15-21(24(22)23)20-13-8-5-9-14-20/h4-16,18H,17H2,1-3H3. The van der Waals surface area contributed by atoms with Crippen LogP contribution < -0.4 is 0 Å². The van der Waals surface area contributed by atoms with E-state index in [1.165, 1.54) is 5.56 Å². The number of carbonyl (C=O) groups excluding carboxylic acids is 1. The van der Waals surface area contributed by atoms with E-state index < -0.39 is 5.41 Å². The maximum atomic E-state index is 13.3. The van der Waals surface area contributed by atoms with Crippen molar-refractivity contribution in [3.63, 3.8) is 0 Å². The molecule has 0 N–H and O–H groups in total. The lowest BCUT2D eigenvalue weighted by Gasteiger charge is -2.16. The minimum Gasteiger partial charge on any atom is -0.342 e. The molecule has 0 aliphatic heterocycles. The van der Waals surface area contributed by atoms with Gasteiger partial charge in [0.2, 0.25) is 0 Å². The molecule has 0 spiro atoms. The van der Waals surface area contributed by atoms with Crippen LogP contribution in [0.2, 0.25) is 0 Å². The van der Waals surface area contributed by atoms with Crippen molar-refractivity contribution in [1.29, 1.82) is 0 Å². The molecule has 4 aromatic rings. The predicted molar refractivity (Wildman–Crippen MR) is 117 cm³/mol. The molecule has 0 radical (unpaired) electrons. The van der Waals surface area contributed by atoms with Crippen LogP contribution in [0.3, 0.4) is 0 Å². The largest absolute Gasteiger partial charge is 0.342 e. The Kier molecular flexibility index (Phi) is 4.64. The fraction of sp³-hybridized carbons (Fsp3) is 0.192. The van der Waals surface area contributed by atoms with Crippen molar-refractivity contribution >= 4 is 16.7 Å². The zero-order chi connectivity index (χ0) is 19.7. The molecule has 1 aromatic heterocycles. The lowest BCUT2D eigenvalue weighted by molar-refractivity contribution is 0.0860. The number of aromatic nitrogens is 1. The highest BCUT2D eigenvalue weighted by Gasteiger charge is 2.27. The first kappa shape index (κ1) is 18.2. The van der Waals surface area contributed by atoms with E-state index in [0.717, 1.165) is 34.1 Å². The summed E-state index contributed by atoms with van der Waals surface area (Å²) in [6.07, 6.45) is 2.04. The van der Waals surface area contributed by atoms with Crippen molar-refractivity contribution in [2.75, 3.05) is 0 Å². The summed E-state index contributed by atoms with van der Waals surface area (Å²) in [6, 6.07) is 27.0. The van der Waals surface area contributed by atoms with Crippen LogP contribution >= 0.6 is 0 Å². The first-order valence-corrected chi connectivity index (χ1v) is 9.71. The summed E-state index contributed by atoms with van der Waals surface area (Å²) in [6.45, 7) is 6.70. The molecule has 1 heterocycles. The van der Waals surface area contributed by atoms with Crippen molar-refractivity contribution in [2.45, 2.75) is 27.3 Å². The number of benzene rings is 3. The van der Waals surface area contributed by atoms with Gasteiger partial charge in [-0.3, -0.25) is 4.79 Å².